The Hall–Kier alpha value is -1.34. The molecule has 0 heterocycles. The van der Waals surface area contributed by atoms with Crippen LogP contribution < -0.4 is 0 Å². The molecule has 4 aliphatic rings. The van der Waals surface area contributed by atoms with Gasteiger partial charge in [-0.2, -0.15) is 0 Å². The molecule has 1 aromatic carbocycles. The molecule has 1 aromatic rings. The number of ketones is 2. The van der Waals surface area contributed by atoms with Crippen LogP contribution >= 0.6 is 24.1 Å². The first-order valence-electron chi connectivity index (χ1n) is 13.0. The average Bonchev–Trinajstić information content (AvgIpc) is 3.37. The maximum atomic E-state index is 13.6. The molecule has 4 saturated carbocycles. The van der Waals surface area contributed by atoms with Crippen LogP contribution in [0.5, 0.6) is 0 Å². The van der Waals surface area contributed by atoms with Crippen molar-refractivity contribution in [3.8, 4) is 0 Å². The van der Waals surface area contributed by atoms with Crippen LogP contribution in [0.15, 0.2) is 35.4 Å². The van der Waals surface area contributed by atoms with Gasteiger partial charge in [-0.25, -0.2) is 0 Å². The number of carbonyl (C=O) groups excluding carboxylic acids is 2. The minimum absolute atomic E-state index is 0.0577. The van der Waals surface area contributed by atoms with E-state index < -0.39 is 0 Å². The normalized spacial score (nSPS) is 36.1. The van der Waals surface area contributed by atoms with Crippen LogP contribution in [0.3, 0.4) is 0 Å². The van der Waals surface area contributed by atoms with E-state index in [4.69, 9.17) is 8.37 Å². The van der Waals surface area contributed by atoms with Crippen molar-refractivity contribution in [2.75, 3.05) is 25.7 Å². The fraction of sp³-hybridized carbons (Fsp3) is 0.600. The number of Topliss-reactive ketones (excluding diaryl/α,β-unsaturated/α-hetero) is 2. The SMILES string of the molecule is COSCC12CCC(/C(=C\c3ccc(/C=C4/C(=O)C5(CSOC)CCC4C5(C)C)cc3)C1=O)C2(C)C. The lowest BCUT2D eigenvalue weighted by atomic mass is 9.70. The molecular formula is C30H38O4S2. The van der Waals surface area contributed by atoms with Gasteiger partial charge >= 0.3 is 0 Å². The lowest BCUT2D eigenvalue weighted by Crippen LogP contribution is -2.38. The van der Waals surface area contributed by atoms with Crippen LogP contribution in [0, 0.1) is 33.5 Å². The standard InChI is InChI=1S/C30H38O4S2/c1-27(2)23-11-13-29(27,17-35-33-5)25(31)21(23)15-19-7-9-20(10-8-19)16-22-24-12-14-30(26(22)32,18-36-34-6)28(24,3)4/h7-10,15-16,23-24H,11-14,17-18H2,1-6H3/b21-15+,22-16+. The highest BCUT2D eigenvalue weighted by Gasteiger charge is 2.67. The molecule has 0 aliphatic heterocycles. The maximum absolute atomic E-state index is 13.6. The average molecular weight is 527 g/mol. The first-order valence-corrected chi connectivity index (χ1v) is 14.8. The Morgan fingerprint density at radius 1 is 0.750 bits per heavy atom. The van der Waals surface area contributed by atoms with E-state index in [9.17, 15) is 9.59 Å². The highest BCUT2D eigenvalue weighted by atomic mass is 32.2. The molecule has 4 aliphatic carbocycles. The second-order valence-electron chi connectivity index (χ2n) is 12.2. The van der Waals surface area contributed by atoms with Gasteiger partial charge in [0.1, 0.15) is 0 Å². The van der Waals surface area contributed by atoms with Crippen molar-refractivity contribution in [2.45, 2.75) is 53.4 Å². The van der Waals surface area contributed by atoms with Gasteiger partial charge in [0, 0.05) is 22.7 Å². The zero-order valence-corrected chi connectivity index (χ0v) is 23.9. The lowest BCUT2D eigenvalue weighted by molar-refractivity contribution is -0.125. The number of allylic oxidation sites excluding steroid dienone is 2. The van der Waals surface area contributed by atoms with E-state index in [0.717, 1.165) is 48.0 Å². The Morgan fingerprint density at radius 3 is 1.44 bits per heavy atom. The molecule has 4 fully saturated rings. The third-order valence-corrected chi connectivity index (χ3v) is 12.2. The minimum Gasteiger partial charge on any atom is -0.319 e. The fourth-order valence-corrected chi connectivity index (χ4v) is 9.86. The Balaban J connectivity index is 1.40. The van der Waals surface area contributed by atoms with Gasteiger partial charge in [0.05, 0.1) is 25.0 Å². The molecule has 4 bridgehead atoms. The highest BCUT2D eigenvalue weighted by molar-refractivity contribution is 7.94. The van der Waals surface area contributed by atoms with Crippen LogP contribution in [-0.2, 0) is 18.0 Å². The molecule has 6 heteroatoms. The Labute approximate surface area is 224 Å². The van der Waals surface area contributed by atoms with Gasteiger partial charge in [-0.3, -0.25) is 9.59 Å². The van der Waals surface area contributed by atoms with Crippen LogP contribution in [0.1, 0.15) is 64.5 Å². The molecule has 0 amide bonds. The van der Waals surface area contributed by atoms with Crippen molar-refractivity contribution >= 4 is 47.8 Å². The second-order valence-corrected chi connectivity index (χ2v) is 13.9. The Bertz CT molecular complexity index is 1040. The molecule has 4 nitrogen and oxygen atoms in total. The number of hydrogen-bond acceptors (Lipinski definition) is 6. The Morgan fingerprint density at radius 2 is 1.11 bits per heavy atom. The van der Waals surface area contributed by atoms with Gasteiger partial charge in [-0.05, 0) is 95.7 Å². The minimum atomic E-state index is -0.333. The largest absolute Gasteiger partial charge is 0.319 e. The smallest absolute Gasteiger partial charge is 0.166 e. The number of rotatable bonds is 8. The summed E-state index contributed by atoms with van der Waals surface area (Å²) >= 11 is 2.81. The predicted molar refractivity (Wildman–Crippen MR) is 149 cm³/mol. The van der Waals surface area contributed by atoms with Crippen molar-refractivity contribution in [3.05, 3.63) is 46.5 Å². The van der Waals surface area contributed by atoms with E-state index in [1.54, 1.807) is 14.2 Å². The van der Waals surface area contributed by atoms with E-state index in [-0.39, 0.29) is 21.7 Å². The van der Waals surface area contributed by atoms with Crippen LogP contribution in [-0.4, -0.2) is 37.3 Å². The summed E-state index contributed by atoms with van der Waals surface area (Å²) in [6.45, 7) is 9.00. The molecule has 0 aromatic heterocycles. The maximum Gasteiger partial charge on any atom is 0.166 e. The summed E-state index contributed by atoms with van der Waals surface area (Å²) in [4.78, 5) is 27.2. The topological polar surface area (TPSA) is 52.6 Å². The predicted octanol–water partition coefficient (Wildman–Crippen LogP) is 7.05. The molecule has 36 heavy (non-hydrogen) atoms. The molecule has 194 valence electrons. The summed E-state index contributed by atoms with van der Waals surface area (Å²) < 4.78 is 10.6. The number of fused-ring (bicyclic) bond motifs is 4. The molecule has 0 saturated heterocycles. The third-order valence-electron chi connectivity index (χ3n) is 10.5. The third kappa shape index (κ3) is 3.50. The van der Waals surface area contributed by atoms with Gasteiger partial charge in [-0.1, -0.05) is 52.0 Å². The molecule has 0 radical (unpaired) electrons. The quantitative estimate of drug-likeness (QED) is 0.267. The van der Waals surface area contributed by atoms with Gasteiger partial charge in [0.2, 0.25) is 0 Å². The lowest BCUT2D eigenvalue weighted by Gasteiger charge is -2.35. The van der Waals surface area contributed by atoms with Gasteiger partial charge in [0.15, 0.2) is 11.6 Å². The van der Waals surface area contributed by atoms with Crippen LogP contribution in [0.2, 0.25) is 0 Å². The van der Waals surface area contributed by atoms with Crippen molar-refractivity contribution in [1.29, 1.82) is 0 Å². The molecule has 4 unspecified atom stereocenters. The monoisotopic (exact) mass is 526 g/mol. The Kier molecular flexibility index (Phi) is 6.67. The van der Waals surface area contributed by atoms with Gasteiger partial charge < -0.3 is 8.37 Å². The summed E-state index contributed by atoms with van der Waals surface area (Å²) in [5, 5.41) is 0. The van der Waals surface area contributed by atoms with Crippen LogP contribution in [0.4, 0.5) is 0 Å². The van der Waals surface area contributed by atoms with E-state index in [2.05, 4.69) is 64.1 Å². The van der Waals surface area contributed by atoms with E-state index in [1.165, 1.54) is 24.1 Å². The highest BCUT2D eigenvalue weighted by Crippen LogP contribution is 2.68. The van der Waals surface area contributed by atoms with E-state index in [0.29, 0.717) is 34.9 Å². The molecule has 5 rings (SSSR count). The van der Waals surface area contributed by atoms with Crippen molar-refractivity contribution in [1.82, 2.24) is 0 Å². The second kappa shape index (κ2) is 9.14. The van der Waals surface area contributed by atoms with Crippen molar-refractivity contribution in [2.24, 2.45) is 33.5 Å². The number of carbonyl (C=O) groups is 2. The van der Waals surface area contributed by atoms with Crippen LogP contribution in [0.25, 0.3) is 12.2 Å². The first kappa shape index (κ1) is 26.3. The summed E-state index contributed by atoms with van der Waals surface area (Å²) in [5.74, 6) is 2.61. The summed E-state index contributed by atoms with van der Waals surface area (Å²) in [5.41, 5.74) is 3.25. The number of hydrogen-bond donors (Lipinski definition) is 0. The summed E-state index contributed by atoms with van der Waals surface area (Å²) in [6, 6.07) is 8.34. The van der Waals surface area contributed by atoms with E-state index >= 15 is 0 Å². The molecule has 0 spiro atoms. The number of benzene rings is 1. The molecular weight excluding hydrogens is 488 g/mol. The van der Waals surface area contributed by atoms with Gasteiger partial charge in [-0.15, -0.1) is 0 Å². The fourth-order valence-electron chi connectivity index (χ4n) is 7.93. The molecule has 0 N–H and O–H groups in total. The summed E-state index contributed by atoms with van der Waals surface area (Å²) in [7, 11) is 3.36. The van der Waals surface area contributed by atoms with Crippen molar-refractivity contribution in [3.63, 3.8) is 0 Å². The zero-order valence-electron chi connectivity index (χ0n) is 22.3. The van der Waals surface area contributed by atoms with Gasteiger partial charge in [0.25, 0.3) is 0 Å². The summed E-state index contributed by atoms with van der Waals surface area (Å²) in [6.07, 6.45) is 8.21. The first-order chi connectivity index (χ1) is 17.1. The zero-order chi connectivity index (χ0) is 25.9. The van der Waals surface area contributed by atoms with E-state index in [1.807, 2.05) is 0 Å². The van der Waals surface area contributed by atoms with Crippen molar-refractivity contribution < 1.29 is 18.0 Å². The molecule has 4 atom stereocenters.